The Morgan fingerprint density at radius 3 is 2.25 bits per heavy atom. The quantitative estimate of drug-likeness (QED) is 0.628. The highest BCUT2D eigenvalue weighted by Gasteiger charge is 2.17. The molecule has 104 valence electrons. The Hall–Kier alpha value is -2.14. The van der Waals surface area contributed by atoms with Crippen LogP contribution in [0.4, 0.5) is 8.78 Å². The van der Waals surface area contributed by atoms with Gasteiger partial charge in [0.25, 0.3) is 0 Å². The first-order valence-electron chi connectivity index (χ1n) is 5.58. The highest BCUT2D eigenvalue weighted by molar-refractivity contribution is 6.32. The molecule has 0 radical (unpaired) electrons. The lowest BCUT2D eigenvalue weighted by Gasteiger charge is -2.10. The molecule has 2 rings (SSSR count). The minimum absolute atomic E-state index is 0.104. The van der Waals surface area contributed by atoms with Crippen molar-refractivity contribution in [1.29, 1.82) is 0 Å². The molecule has 0 saturated carbocycles. The average Bonchev–Trinajstić information content (AvgIpc) is 2.41. The van der Waals surface area contributed by atoms with Gasteiger partial charge in [0.05, 0.1) is 5.02 Å². The van der Waals surface area contributed by atoms with Crippen molar-refractivity contribution in [2.24, 2.45) is 0 Å². The van der Waals surface area contributed by atoms with Crippen LogP contribution in [0.1, 0.15) is 10.4 Å². The maximum absolute atomic E-state index is 12.3. The maximum atomic E-state index is 12.3. The molecule has 0 atom stereocenters. The predicted octanol–water partition coefficient (Wildman–Crippen LogP) is 4.16. The molecule has 0 fully saturated rings. The van der Waals surface area contributed by atoms with Crippen LogP contribution in [0, 0.1) is 0 Å². The molecular weight excluding hydrogens is 290 g/mol. The van der Waals surface area contributed by atoms with Crippen LogP contribution in [0.3, 0.4) is 0 Å². The molecule has 0 saturated heterocycles. The summed E-state index contributed by atoms with van der Waals surface area (Å²) in [4.78, 5) is 12.0. The second-order valence-corrected chi connectivity index (χ2v) is 4.10. The monoisotopic (exact) mass is 298 g/mol. The highest BCUT2D eigenvalue weighted by Crippen LogP contribution is 2.26. The number of carbonyl (C=O) groups is 1. The molecule has 0 amide bonds. The summed E-state index contributed by atoms with van der Waals surface area (Å²) in [5, 5.41) is 0.244. The summed E-state index contributed by atoms with van der Waals surface area (Å²) >= 11 is 5.85. The Bertz CT molecular complexity index is 617. The van der Waals surface area contributed by atoms with Gasteiger partial charge in [-0.15, -0.1) is 0 Å². The van der Waals surface area contributed by atoms with Gasteiger partial charge in [0.15, 0.2) is 0 Å². The molecule has 3 nitrogen and oxygen atoms in total. The first-order chi connectivity index (χ1) is 9.58. The molecule has 0 aliphatic carbocycles. The molecule has 0 bridgehead atoms. The third-order valence-corrected chi connectivity index (χ3v) is 2.67. The standard InChI is InChI=1S/C14H9ClF2O3/c15-10-6-2-4-8-12(10)19-13(18)9-5-1-3-7-11(9)20-14(16)17/h1-8,14H. The van der Waals surface area contributed by atoms with Crippen LogP contribution >= 0.6 is 11.6 Å². The third-order valence-electron chi connectivity index (χ3n) is 2.36. The zero-order valence-electron chi connectivity index (χ0n) is 10.1. The second kappa shape index (κ2) is 6.34. The fourth-order valence-electron chi connectivity index (χ4n) is 1.52. The Morgan fingerprint density at radius 1 is 1.00 bits per heavy atom. The molecule has 0 spiro atoms. The summed E-state index contributed by atoms with van der Waals surface area (Å²) in [6.07, 6.45) is 0. The van der Waals surface area contributed by atoms with Gasteiger partial charge in [-0.05, 0) is 24.3 Å². The van der Waals surface area contributed by atoms with Crippen LogP contribution in [-0.2, 0) is 0 Å². The van der Waals surface area contributed by atoms with Crippen molar-refractivity contribution in [3.63, 3.8) is 0 Å². The minimum Gasteiger partial charge on any atom is -0.434 e. The van der Waals surface area contributed by atoms with E-state index < -0.39 is 12.6 Å². The van der Waals surface area contributed by atoms with Crippen LogP contribution in [0.2, 0.25) is 5.02 Å². The maximum Gasteiger partial charge on any atom is 0.387 e. The summed E-state index contributed by atoms with van der Waals surface area (Å²) in [5.74, 6) is -0.931. The first-order valence-corrected chi connectivity index (χ1v) is 5.96. The molecule has 6 heteroatoms. The van der Waals surface area contributed by atoms with E-state index in [2.05, 4.69) is 4.74 Å². The number of halogens is 3. The van der Waals surface area contributed by atoms with E-state index in [-0.39, 0.29) is 22.1 Å². The van der Waals surface area contributed by atoms with Crippen molar-refractivity contribution >= 4 is 17.6 Å². The van der Waals surface area contributed by atoms with Gasteiger partial charge in [-0.3, -0.25) is 0 Å². The molecule has 0 aromatic heterocycles. The van der Waals surface area contributed by atoms with Crippen LogP contribution in [0.5, 0.6) is 11.5 Å². The molecule has 0 heterocycles. The Kier molecular flexibility index (Phi) is 4.53. The number of rotatable bonds is 4. The number of para-hydroxylation sites is 2. The normalized spacial score (nSPS) is 10.4. The Labute approximate surface area is 118 Å². The summed E-state index contributed by atoms with van der Waals surface area (Å²) < 4.78 is 33.8. The van der Waals surface area contributed by atoms with E-state index in [1.807, 2.05) is 0 Å². The van der Waals surface area contributed by atoms with Crippen LogP contribution in [0.15, 0.2) is 48.5 Å². The largest absolute Gasteiger partial charge is 0.434 e. The van der Waals surface area contributed by atoms with Gasteiger partial charge in [0.1, 0.15) is 17.1 Å². The molecule has 0 unspecified atom stereocenters. The number of hydrogen-bond acceptors (Lipinski definition) is 3. The van der Waals surface area contributed by atoms with Crippen molar-refractivity contribution in [1.82, 2.24) is 0 Å². The number of alkyl halides is 2. The fourth-order valence-corrected chi connectivity index (χ4v) is 1.69. The summed E-state index contributed by atoms with van der Waals surface area (Å²) in [7, 11) is 0. The number of carbonyl (C=O) groups excluding carboxylic acids is 1. The van der Waals surface area contributed by atoms with Crippen LogP contribution in [0.25, 0.3) is 0 Å². The number of benzene rings is 2. The topological polar surface area (TPSA) is 35.5 Å². The number of esters is 1. The Morgan fingerprint density at radius 2 is 1.60 bits per heavy atom. The van der Waals surface area contributed by atoms with E-state index in [0.717, 1.165) is 0 Å². The lowest BCUT2D eigenvalue weighted by Crippen LogP contribution is -2.12. The fraction of sp³-hybridized carbons (Fsp3) is 0.0714. The summed E-state index contributed by atoms with van der Waals surface area (Å²) in [6, 6.07) is 11.9. The van der Waals surface area contributed by atoms with Crippen LogP contribution < -0.4 is 9.47 Å². The van der Waals surface area contributed by atoms with Crippen molar-refractivity contribution in [2.45, 2.75) is 6.61 Å². The van der Waals surface area contributed by atoms with E-state index in [0.29, 0.717) is 0 Å². The molecule has 0 N–H and O–H groups in total. The minimum atomic E-state index is -3.02. The van der Waals surface area contributed by atoms with E-state index >= 15 is 0 Å². The lowest BCUT2D eigenvalue weighted by atomic mass is 10.2. The van der Waals surface area contributed by atoms with Crippen LogP contribution in [-0.4, -0.2) is 12.6 Å². The van der Waals surface area contributed by atoms with Gasteiger partial charge >= 0.3 is 12.6 Å². The van der Waals surface area contributed by atoms with E-state index in [4.69, 9.17) is 16.3 Å². The average molecular weight is 299 g/mol. The zero-order chi connectivity index (χ0) is 14.5. The highest BCUT2D eigenvalue weighted by atomic mass is 35.5. The summed E-state index contributed by atoms with van der Waals surface area (Å²) in [6.45, 7) is -3.02. The van der Waals surface area contributed by atoms with Gasteiger partial charge < -0.3 is 9.47 Å². The first kappa shape index (κ1) is 14.3. The predicted molar refractivity (Wildman–Crippen MR) is 69.5 cm³/mol. The van der Waals surface area contributed by atoms with E-state index in [1.165, 1.54) is 30.3 Å². The molecule has 0 aliphatic rings. The molecule has 2 aromatic rings. The van der Waals surface area contributed by atoms with Gasteiger partial charge in [-0.1, -0.05) is 35.9 Å². The number of hydrogen-bond donors (Lipinski definition) is 0. The van der Waals surface area contributed by atoms with Crippen molar-refractivity contribution in [3.8, 4) is 11.5 Å². The van der Waals surface area contributed by atoms with Crippen molar-refractivity contribution < 1.29 is 23.0 Å². The lowest BCUT2D eigenvalue weighted by molar-refractivity contribution is -0.0503. The van der Waals surface area contributed by atoms with Gasteiger partial charge in [0, 0.05) is 0 Å². The third kappa shape index (κ3) is 3.45. The summed E-state index contributed by atoms with van der Waals surface area (Å²) in [5.41, 5.74) is -0.104. The second-order valence-electron chi connectivity index (χ2n) is 3.69. The van der Waals surface area contributed by atoms with Crippen molar-refractivity contribution in [3.05, 3.63) is 59.1 Å². The SMILES string of the molecule is O=C(Oc1ccccc1Cl)c1ccccc1OC(F)F. The van der Waals surface area contributed by atoms with Gasteiger partial charge in [0.2, 0.25) is 0 Å². The van der Waals surface area contributed by atoms with Gasteiger partial charge in [-0.25, -0.2) is 4.79 Å². The van der Waals surface area contributed by atoms with Crippen molar-refractivity contribution in [2.75, 3.05) is 0 Å². The zero-order valence-corrected chi connectivity index (χ0v) is 10.8. The van der Waals surface area contributed by atoms with Gasteiger partial charge in [-0.2, -0.15) is 8.78 Å². The molecular formula is C14H9ClF2O3. The number of ether oxygens (including phenoxy) is 2. The van der Waals surface area contributed by atoms with E-state index in [9.17, 15) is 13.6 Å². The Balaban J connectivity index is 2.23. The molecule has 20 heavy (non-hydrogen) atoms. The van der Waals surface area contributed by atoms with E-state index in [1.54, 1.807) is 18.2 Å². The molecule has 0 aliphatic heterocycles. The smallest absolute Gasteiger partial charge is 0.387 e. The molecule has 2 aromatic carbocycles.